The zero-order valence-electron chi connectivity index (χ0n) is 9.53. The molecule has 2 saturated carbocycles. The molecule has 0 saturated heterocycles. The zero-order valence-corrected chi connectivity index (χ0v) is 9.53. The fraction of sp³-hybridized carbons (Fsp3) is 0.909. The van der Waals surface area contributed by atoms with E-state index in [0.717, 1.165) is 6.54 Å². The van der Waals surface area contributed by atoms with Crippen LogP contribution in [-0.2, 0) is 9.53 Å². The largest absolute Gasteiger partial charge is 0.468 e. The van der Waals surface area contributed by atoms with Gasteiger partial charge in [0.1, 0.15) is 6.04 Å². The Balaban J connectivity index is 1.81. The smallest absolute Gasteiger partial charge is 0.324 e. The van der Waals surface area contributed by atoms with Gasteiger partial charge >= 0.3 is 5.97 Å². The molecule has 0 spiro atoms. The van der Waals surface area contributed by atoms with Gasteiger partial charge in [0.2, 0.25) is 0 Å². The predicted molar refractivity (Wildman–Crippen MR) is 57.6 cm³/mol. The number of likely N-dealkylation sites (N-methyl/N-ethyl adjacent to an activating group) is 1. The molecule has 0 aliphatic heterocycles. The van der Waals surface area contributed by atoms with Crippen LogP contribution in [0.3, 0.4) is 0 Å². The molecular formula is C11H20N2O2. The Morgan fingerprint density at radius 1 is 1.47 bits per heavy atom. The standard InChI is InChI=1S/C11H20N2O2/c1-13(9-5-6-9)7-10(11(14)15-2)12-8-3-4-8/h8-10,12H,3-7H2,1-2H3. The van der Waals surface area contributed by atoms with Gasteiger partial charge in [0.15, 0.2) is 0 Å². The maximum atomic E-state index is 11.5. The molecule has 1 N–H and O–H groups in total. The summed E-state index contributed by atoms with van der Waals surface area (Å²) in [5.74, 6) is -0.130. The van der Waals surface area contributed by atoms with E-state index in [1.165, 1.54) is 32.8 Å². The molecule has 4 heteroatoms. The lowest BCUT2D eigenvalue weighted by molar-refractivity contribution is -0.143. The number of rotatable bonds is 6. The number of ether oxygens (including phenoxy) is 1. The summed E-state index contributed by atoms with van der Waals surface area (Å²) in [6.45, 7) is 0.772. The molecule has 0 bridgehead atoms. The minimum Gasteiger partial charge on any atom is -0.468 e. The van der Waals surface area contributed by atoms with Crippen molar-refractivity contribution in [3.63, 3.8) is 0 Å². The highest BCUT2D eigenvalue weighted by Crippen LogP contribution is 2.26. The van der Waals surface area contributed by atoms with Crippen molar-refractivity contribution in [1.29, 1.82) is 0 Å². The van der Waals surface area contributed by atoms with E-state index in [2.05, 4.69) is 17.3 Å². The van der Waals surface area contributed by atoms with E-state index < -0.39 is 0 Å². The third-order valence-electron chi connectivity index (χ3n) is 3.14. The molecule has 2 fully saturated rings. The van der Waals surface area contributed by atoms with E-state index in [1.807, 2.05) is 0 Å². The van der Waals surface area contributed by atoms with Gasteiger partial charge in [-0.3, -0.25) is 4.79 Å². The molecule has 0 heterocycles. The van der Waals surface area contributed by atoms with Gasteiger partial charge in [-0.05, 0) is 32.7 Å². The molecule has 1 unspecified atom stereocenters. The van der Waals surface area contributed by atoms with Crippen LogP contribution in [0.2, 0.25) is 0 Å². The Kier molecular flexibility index (Phi) is 3.26. The third kappa shape index (κ3) is 3.18. The molecule has 0 aromatic rings. The van der Waals surface area contributed by atoms with Gasteiger partial charge in [0.05, 0.1) is 7.11 Å². The number of hydrogen-bond donors (Lipinski definition) is 1. The molecule has 0 radical (unpaired) electrons. The van der Waals surface area contributed by atoms with Crippen molar-refractivity contribution in [1.82, 2.24) is 10.2 Å². The van der Waals surface area contributed by atoms with E-state index in [4.69, 9.17) is 4.74 Å². The topological polar surface area (TPSA) is 41.6 Å². The minimum atomic E-state index is -0.145. The number of esters is 1. The average molecular weight is 212 g/mol. The highest BCUT2D eigenvalue weighted by Gasteiger charge is 2.33. The lowest BCUT2D eigenvalue weighted by Gasteiger charge is -2.22. The summed E-state index contributed by atoms with van der Waals surface area (Å²) in [6, 6.07) is 1.09. The van der Waals surface area contributed by atoms with Crippen LogP contribution in [0.5, 0.6) is 0 Å². The van der Waals surface area contributed by atoms with Crippen molar-refractivity contribution in [2.75, 3.05) is 20.7 Å². The first-order valence-corrected chi connectivity index (χ1v) is 5.75. The van der Waals surface area contributed by atoms with Crippen molar-refractivity contribution in [2.24, 2.45) is 0 Å². The van der Waals surface area contributed by atoms with Crippen LogP contribution in [0.4, 0.5) is 0 Å². The predicted octanol–water partition coefficient (Wildman–Crippen LogP) is 0.374. The number of methoxy groups -OCH3 is 1. The third-order valence-corrected chi connectivity index (χ3v) is 3.14. The van der Waals surface area contributed by atoms with Crippen molar-refractivity contribution in [3.05, 3.63) is 0 Å². The van der Waals surface area contributed by atoms with Crippen LogP contribution in [-0.4, -0.2) is 49.7 Å². The maximum absolute atomic E-state index is 11.5. The van der Waals surface area contributed by atoms with Crippen LogP contribution in [0.25, 0.3) is 0 Å². The molecule has 2 rings (SSSR count). The molecule has 0 aromatic heterocycles. The van der Waals surface area contributed by atoms with Crippen LogP contribution in [0.1, 0.15) is 25.7 Å². The van der Waals surface area contributed by atoms with E-state index in [9.17, 15) is 4.79 Å². The summed E-state index contributed by atoms with van der Waals surface area (Å²) in [5.41, 5.74) is 0. The summed E-state index contributed by atoms with van der Waals surface area (Å²) < 4.78 is 4.81. The first kappa shape index (κ1) is 10.9. The SMILES string of the molecule is COC(=O)C(CN(C)C1CC1)NC1CC1. The summed E-state index contributed by atoms with van der Waals surface area (Å²) in [6.07, 6.45) is 4.93. The van der Waals surface area contributed by atoms with E-state index in [1.54, 1.807) is 0 Å². The number of nitrogens with one attached hydrogen (secondary N) is 1. The summed E-state index contributed by atoms with van der Waals surface area (Å²) >= 11 is 0. The first-order valence-electron chi connectivity index (χ1n) is 5.75. The lowest BCUT2D eigenvalue weighted by Crippen LogP contribution is -2.47. The number of nitrogens with zero attached hydrogens (tertiary/aromatic N) is 1. The Morgan fingerprint density at radius 2 is 2.13 bits per heavy atom. The summed E-state index contributed by atoms with van der Waals surface area (Å²) in [4.78, 5) is 13.8. The highest BCUT2D eigenvalue weighted by atomic mass is 16.5. The molecule has 2 aliphatic carbocycles. The van der Waals surface area contributed by atoms with Crippen molar-refractivity contribution in [3.8, 4) is 0 Å². The van der Waals surface area contributed by atoms with Gasteiger partial charge in [0, 0.05) is 18.6 Å². The summed E-state index contributed by atoms with van der Waals surface area (Å²) in [5, 5.41) is 3.34. The second-order valence-electron chi connectivity index (χ2n) is 4.69. The fourth-order valence-electron chi connectivity index (χ4n) is 1.82. The number of carbonyl (C=O) groups excluding carboxylic acids is 1. The van der Waals surface area contributed by atoms with Gasteiger partial charge in [-0.25, -0.2) is 0 Å². The Bertz CT molecular complexity index is 237. The number of carbonyl (C=O) groups is 1. The maximum Gasteiger partial charge on any atom is 0.324 e. The van der Waals surface area contributed by atoms with E-state index in [-0.39, 0.29) is 12.0 Å². The van der Waals surface area contributed by atoms with Crippen LogP contribution >= 0.6 is 0 Å². The molecule has 4 nitrogen and oxygen atoms in total. The van der Waals surface area contributed by atoms with Gasteiger partial charge in [-0.2, -0.15) is 0 Å². The van der Waals surface area contributed by atoms with Crippen LogP contribution < -0.4 is 5.32 Å². The van der Waals surface area contributed by atoms with Gasteiger partial charge in [-0.1, -0.05) is 0 Å². The molecule has 2 aliphatic rings. The monoisotopic (exact) mass is 212 g/mol. The molecule has 15 heavy (non-hydrogen) atoms. The quantitative estimate of drug-likeness (QED) is 0.646. The van der Waals surface area contributed by atoms with Gasteiger partial charge in [-0.15, -0.1) is 0 Å². The lowest BCUT2D eigenvalue weighted by atomic mass is 10.2. The van der Waals surface area contributed by atoms with E-state index >= 15 is 0 Å². The molecule has 0 aromatic carbocycles. The highest BCUT2D eigenvalue weighted by molar-refractivity contribution is 5.76. The van der Waals surface area contributed by atoms with Gasteiger partial charge in [0.25, 0.3) is 0 Å². The first-order chi connectivity index (χ1) is 7.20. The van der Waals surface area contributed by atoms with E-state index in [0.29, 0.717) is 12.1 Å². The Hall–Kier alpha value is -0.610. The van der Waals surface area contributed by atoms with Crippen LogP contribution in [0.15, 0.2) is 0 Å². The van der Waals surface area contributed by atoms with Crippen LogP contribution in [0, 0.1) is 0 Å². The fourth-order valence-corrected chi connectivity index (χ4v) is 1.82. The minimum absolute atomic E-state index is 0.130. The molecule has 86 valence electrons. The normalized spacial score (nSPS) is 22.9. The zero-order chi connectivity index (χ0) is 10.8. The van der Waals surface area contributed by atoms with Crippen molar-refractivity contribution < 1.29 is 9.53 Å². The second-order valence-corrected chi connectivity index (χ2v) is 4.69. The number of hydrogen-bond acceptors (Lipinski definition) is 4. The average Bonchev–Trinajstić information content (AvgIpc) is 3.05. The Labute approximate surface area is 91.0 Å². The van der Waals surface area contributed by atoms with Gasteiger partial charge < -0.3 is 15.0 Å². The van der Waals surface area contributed by atoms with Crippen molar-refractivity contribution in [2.45, 2.75) is 43.8 Å². The second kappa shape index (κ2) is 4.49. The molecule has 0 amide bonds. The molecular weight excluding hydrogens is 192 g/mol. The molecule has 1 atom stereocenters. The van der Waals surface area contributed by atoms with Crippen molar-refractivity contribution >= 4 is 5.97 Å². The summed E-state index contributed by atoms with van der Waals surface area (Å²) in [7, 11) is 3.54. The Morgan fingerprint density at radius 3 is 2.60 bits per heavy atom.